The number of nitrogens with one attached hydrogen (secondary N) is 1. The maximum absolute atomic E-state index is 13.5. The molecule has 0 aliphatic carbocycles. The predicted octanol–water partition coefficient (Wildman–Crippen LogP) is 3.81. The van der Waals surface area contributed by atoms with Gasteiger partial charge >= 0.3 is 6.18 Å². The van der Waals surface area contributed by atoms with Crippen molar-refractivity contribution in [1.82, 2.24) is 5.32 Å². The molecule has 18 heavy (non-hydrogen) atoms. The third-order valence-corrected chi connectivity index (χ3v) is 2.71. The van der Waals surface area contributed by atoms with Crippen molar-refractivity contribution in [3.63, 3.8) is 0 Å². The molecule has 0 spiro atoms. The largest absolute Gasteiger partial charge is 0.401 e. The lowest BCUT2D eigenvalue weighted by atomic mass is 10.0. The zero-order valence-electron chi connectivity index (χ0n) is 9.82. The first-order valence-electron chi connectivity index (χ1n) is 5.50. The maximum atomic E-state index is 13.5. The van der Waals surface area contributed by atoms with E-state index in [2.05, 4.69) is 5.32 Å². The molecule has 102 valence electrons. The summed E-state index contributed by atoms with van der Waals surface area (Å²) in [5.74, 6) is -0.609. The number of hydrogen-bond donors (Lipinski definition) is 1. The number of alkyl halides is 3. The summed E-state index contributed by atoms with van der Waals surface area (Å²) >= 11 is 5.62. The Bertz CT molecular complexity index is 392. The molecule has 0 saturated carbocycles. The molecule has 0 fully saturated rings. The van der Waals surface area contributed by atoms with Gasteiger partial charge in [0.05, 0.1) is 11.6 Å². The van der Waals surface area contributed by atoms with Crippen LogP contribution in [0.15, 0.2) is 18.2 Å². The summed E-state index contributed by atoms with van der Waals surface area (Å²) in [4.78, 5) is 0. The van der Waals surface area contributed by atoms with Gasteiger partial charge in [0.25, 0.3) is 0 Å². The van der Waals surface area contributed by atoms with Crippen LogP contribution in [0.1, 0.15) is 12.5 Å². The van der Waals surface area contributed by atoms with Crippen molar-refractivity contribution in [3.05, 3.63) is 34.6 Å². The summed E-state index contributed by atoms with van der Waals surface area (Å²) in [5, 5.41) is 2.33. The molecule has 1 N–H and O–H groups in total. The van der Waals surface area contributed by atoms with Crippen LogP contribution in [-0.2, 0) is 6.42 Å². The van der Waals surface area contributed by atoms with E-state index in [1.807, 2.05) is 0 Å². The molecule has 0 aliphatic rings. The Kier molecular flexibility index (Phi) is 5.41. The molecule has 0 saturated heterocycles. The molecule has 1 aromatic rings. The zero-order valence-corrected chi connectivity index (χ0v) is 10.6. The number of hydrogen-bond acceptors (Lipinski definition) is 1. The van der Waals surface area contributed by atoms with Crippen LogP contribution in [0.2, 0.25) is 5.02 Å². The molecule has 1 nitrogen and oxygen atoms in total. The normalized spacial score (nSPS) is 13.7. The van der Waals surface area contributed by atoms with Gasteiger partial charge in [0.1, 0.15) is 5.82 Å². The predicted molar refractivity (Wildman–Crippen MR) is 63.2 cm³/mol. The highest BCUT2D eigenvalue weighted by molar-refractivity contribution is 6.30. The second-order valence-corrected chi connectivity index (χ2v) is 4.68. The van der Waals surface area contributed by atoms with E-state index in [0.717, 1.165) is 0 Å². The fourth-order valence-corrected chi connectivity index (χ4v) is 1.81. The van der Waals surface area contributed by atoms with E-state index in [4.69, 9.17) is 11.6 Å². The molecular formula is C12H14ClF4N. The van der Waals surface area contributed by atoms with Gasteiger partial charge in [-0.25, -0.2) is 4.39 Å². The average Bonchev–Trinajstić information content (AvgIpc) is 2.23. The highest BCUT2D eigenvalue weighted by atomic mass is 35.5. The van der Waals surface area contributed by atoms with Crippen molar-refractivity contribution in [2.24, 2.45) is 5.92 Å². The molecule has 0 aromatic heterocycles. The summed E-state index contributed by atoms with van der Waals surface area (Å²) in [5.41, 5.74) is 0.420. The van der Waals surface area contributed by atoms with Crippen molar-refractivity contribution in [1.29, 1.82) is 0 Å². The van der Waals surface area contributed by atoms with E-state index in [1.54, 1.807) is 19.1 Å². The van der Waals surface area contributed by atoms with Crippen LogP contribution in [0.3, 0.4) is 0 Å². The highest BCUT2D eigenvalue weighted by Gasteiger charge is 2.26. The van der Waals surface area contributed by atoms with Gasteiger partial charge < -0.3 is 5.32 Å². The first-order chi connectivity index (χ1) is 8.29. The lowest BCUT2D eigenvalue weighted by Gasteiger charge is -2.14. The minimum absolute atomic E-state index is 0.0305. The molecule has 1 unspecified atom stereocenters. The van der Waals surface area contributed by atoms with Crippen LogP contribution in [-0.4, -0.2) is 19.3 Å². The Labute approximate surface area is 108 Å². The van der Waals surface area contributed by atoms with Gasteiger partial charge in [-0.1, -0.05) is 30.7 Å². The third-order valence-electron chi connectivity index (χ3n) is 2.42. The summed E-state index contributed by atoms with van der Waals surface area (Å²) in [7, 11) is 0. The lowest BCUT2D eigenvalue weighted by Crippen LogP contribution is -2.32. The lowest BCUT2D eigenvalue weighted by molar-refractivity contribution is -0.125. The van der Waals surface area contributed by atoms with Gasteiger partial charge in [0.15, 0.2) is 0 Å². The monoisotopic (exact) mass is 283 g/mol. The Hall–Kier alpha value is -0.810. The van der Waals surface area contributed by atoms with Gasteiger partial charge in [-0.2, -0.15) is 13.2 Å². The molecule has 1 rings (SSSR count). The standard InChI is InChI=1S/C12H14ClF4N/c1-8(6-18-7-12(15,16)17)5-9-3-2-4-10(13)11(9)14/h2-4,8,18H,5-7H2,1H3. The Balaban J connectivity index is 2.45. The Morgan fingerprint density at radius 2 is 2.00 bits per heavy atom. The van der Waals surface area contributed by atoms with E-state index in [-0.39, 0.29) is 17.5 Å². The van der Waals surface area contributed by atoms with Gasteiger partial charge in [-0.05, 0) is 30.5 Å². The summed E-state index contributed by atoms with van der Waals surface area (Å²) in [6.07, 6.45) is -3.88. The molecule has 0 amide bonds. The molecule has 0 bridgehead atoms. The zero-order chi connectivity index (χ0) is 13.8. The molecule has 0 heterocycles. The van der Waals surface area contributed by atoms with Crippen molar-refractivity contribution < 1.29 is 17.6 Å². The second kappa shape index (κ2) is 6.38. The first kappa shape index (κ1) is 15.2. The van der Waals surface area contributed by atoms with Crippen molar-refractivity contribution in [3.8, 4) is 0 Å². The molecule has 0 aliphatic heterocycles. The minimum atomic E-state index is -4.22. The van der Waals surface area contributed by atoms with Crippen molar-refractivity contribution in [2.75, 3.05) is 13.1 Å². The van der Waals surface area contributed by atoms with E-state index < -0.39 is 18.5 Å². The quantitative estimate of drug-likeness (QED) is 0.810. The fourth-order valence-electron chi connectivity index (χ4n) is 1.61. The second-order valence-electron chi connectivity index (χ2n) is 4.27. The SMILES string of the molecule is CC(CNCC(F)(F)F)Cc1cccc(Cl)c1F. The molecule has 1 aromatic carbocycles. The summed E-state index contributed by atoms with van der Waals surface area (Å²) in [6.45, 7) is 0.893. The van der Waals surface area contributed by atoms with Crippen LogP contribution in [0.5, 0.6) is 0 Å². The summed E-state index contributed by atoms with van der Waals surface area (Å²) in [6, 6.07) is 4.64. The van der Waals surface area contributed by atoms with Crippen LogP contribution in [0.25, 0.3) is 0 Å². The number of rotatable bonds is 5. The summed E-state index contributed by atoms with van der Waals surface area (Å²) < 4.78 is 49.3. The molecule has 0 radical (unpaired) electrons. The average molecular weight is 284 g/mol. The van der Waals surface area contributed by atoms with Gasteiger partial charge in [0.2, 0.25) is 0 Å². The van der Waals surface area contributed by atoms with Crippen LogP contribution in [0.4, 0.5) is 17.6 Å². The Morgan fingerprint density at radius 3 is 2.61 bits per heavy atom. The number of halogens is 5. The maximum Gasteiger partial charge on any atom is 0.401 e. The molecular weight excluding hydrogens is 270 g/mol. The van der Waals surface area contributed by atoms with Gasteiger partial charge in [-0.15, -0.1) is 0 Å². The molecule has 1 atom stereocenters. The van der Waals surface area contributed by atoms with E-state index >= 15 is 0 Å². The first-order valence-corrected chi connectivity index (χ1v) is 5.87. The fraction of sp³-hybridized carbons (Fsp3) is 0.500. The van der Waals surface area contributed by atoms with Gasteiger partial charge in [-0.3, -0.25) is 0 Å². The van der Waals surface area contributed by atoms with Crippen LogP contribution < -0.4 is 5.32 Å². The highest BCUT2D eigenvalue weighted by Crippen LogP contribution is 2.20. The van der Waals surface area contributed by atoms with Crippen molar-refractivity contribution >= 4 is 11.6 Å². The topological polar surface area (TPSA) is 12.0 Å². The van der Waals surface area contributed by atoms with Crippen LogP contribution in [0, 0.1) is 11.7 Å². The van der Waals surface area contributed by atoms with E-state index in [9.17, 15) is 17.6 Å². The molecule has 6 heteroatoms. The minimum Gasteiger partial charge on any atom is -0.308 e. The van der Waals surface area contributed by atoms with Crippen molar-refractivity contribution in [2.45, 2.75) is 19.5 Å². The van der Waals surface area contributed by atoms with Gasteiger partial charge in [0, 0.05) is 0 Å². The number of benzene rings is 1. The van der Waals surface area contributed by atoms with E-state index in [0.29, 0.717) is 12.0 Å². The third kappa shape index (κ3) is 5.23. The Morgan fingerprint density at radius 1 is 1.33 bits per heavy atom. The van der Waals surface area contributed by atoms with Crippen LogP contribution >= 0.6 is 11.6 Å². The van der Waals surface area contributed by atoms with E-state index in [1.165, 1.54) is 6.07 Å². The smallest absolute Gasteiger partial charge is 0.308 e.